The predicted molar refractivity (Wildman–Crippen MR) is 32.3 cm³/mol. The fraction of sp³-hybridized carbons (Fsp3) is 0. The minimum Gasteiger partial charge on any atom is -0.144 e. The number of rotatable bonds is 0. The van der Waals surface area contributed by atoms with E-state index in [0.29, 0.717) is 0 Å². The van der Waals surface area contributed by atoms with Gasteiger partial charge < -0.3 is 0 Å². The van der Waals surface area contributed by atoms with E-state index in [-0.39, 0.29) is 0 Å². The van der Waals surface area contributed by atoms with Crippen LogP contribution < -0.4 is 0 Å². The van der Waals surface area contributed by atoms with Gasteiger partial charge in [-0.25, -0.2) is 0 Å². The Morgan fingerprint density at radius 1 is 1.71 bits per heavy atom. The van der Waals surface area contributed by atoms with Crippen LogP contribution in [0.3, 0.4) is 0 Å². The van der Waals surface area contributed by atoms with Crippen LogP contribution in [0, 0.1) is 6.57 Å². The molecule has 0 radical (unpaired) electrons. The molecule has 1 heterocycles. The molecular formula is C5H4NS+. The second-order valence-electron chi connectivity index (χ2n) is 1.11. The average Bonchev–Trinajstić information content (AvgIpc) is 2.14. The zero-order chi connectivity index (χ0) is 5.11. The Kier molecular flexibility index (Phi) is 1.10. The highest BCUT2D eigenvalue weighted by molar-refractivity contribution is 7.08. The summed E-state index contributed by atoms with van der Waals surface area (Å²) in [6, 6.07) is 1.87. The average molecular weight is 110 g/mol. The molecule has 1 rings (SSSR count). The third-order valence-electron chi connectivity index (χ3n) is 0.655. The van der Waals surface area contributed by atoms with E-state index in [2.05, 4.69) is 4.85 Å². The second kappa shape index (κ2) is 1.76. The zero-order valence-electron chi connectivity index (χ0n) is 3.66. The Bertz CT molecular complexity index is 170. The van der Waals surface area contributed by atoms with Crippen molar-refractivity contribution in [1.29, 1.82) is 0 Å². The van der Waals surface area contributed by atoms with E-state index in [0.717, 1.165) is 5.69 Å². The van der Waals surface area contributed by atoms with Gasteiger partial charge in [0.2, 0.25) is 0 Å². The highest BCUT2D eigenvalue weighted by atomic mass is 32.1. The molecule has 0 saturated carbocycles. The van der Waals surface area contributed by atoms with Gasteiger partial charge in [0, 0.05) is 6.07 Å². The Morgan fingerprint density at radius 2 is 2.57 bits per heavy atom. The summed E-state index contributed by atoms with van der Waals surface area (Å²) in [5.74, 6) is 0. The first-order valence-corrected chi connectivity index (χ1v) is 2.81. The van der Waals surface area contributed by atoms with Crippen molar-refractivity contribution in [2.24, 2.45) is 0 Å². The van der Waals surface area contributed by atoms with Crippen LogP contribution in [0.25, 0.3) is 4.85 Å². The molecule has 0 atom stereocenters. The minimum atomic E-state index is 0.852. The molecule has 1 nitrogen and oxygen atoms in total. The lowest BCUT2D eigenvalue weighted by Gasteiger charge is -1.50. The minimum absolute atomic E-state index is 0.852. The highest BCUT2D eigenvalue weighted by Crippen LogP contribution is 2.14. The summed E-state index contributed by atoms with van der Waals surface area (Å²) < 4.78 is 0. The maximum absolute atomic E-state index is 4.93. The van der Waals surface area contributed by atoms with Crippen LogP contribution >= 0.6 is 11.3 Å². The van der Waals surface area contributed by atoms with Gasteiger partial charge in [0.15, 0.2) is 0 Å². The Balaban J connectivity index is 3.04. The molecule has 0 unspecified atom stereocenters. The van der Waals surface area contributed by atoms with Gasteiger partial charge in [-0.3, -0.25) is 0 Å². The summed E-state index contributed by atoms with van der Waals surface area (Å²) in [5, 5.41) is 3.83. The smallest absolute Gasteiger partial charge is 0.144 e. The Hall–Kier alpha value is -0.810. The normalized spacial score (nSPS) is 7.86. The predicted octanol–water partition coefficient (Wildman–Crippen LogP) is 2.34. The molecule has 7 heavy (non-hydrogen) atoms. The fourth-order valence-corrected chi connectivity index (χ4v) is 0.906. The fourth-order valence-electron chi connectivity index (χ4n) is 0.331. The molecule has 0 bridgehead atoms. The molecule has 2 heteroatoms. The maximum atomic E-state index is 4.93. The SMILES string of the molecule is C#[N+]c1ccsc1. The number of thiophene rings is 1. The van der Waals surface area contributed by atoms with Gasteiger partial charge in [0.05, 0.1) is 5.38 Å². The summed E-state index contributed by atoms with van der Waals surface area (Å²) in [6.07, 6.45) is 0. The van der Waals surface area contributed by atoms with Gasteiger partial charge in [-0.1, -0.05) is 0 Å². The second-order valence-corrected chi connectivity index (χ2v) is 1.89. The van der Waals surface area contributed by atoms with Crippen LogP contribution in [0.4, 0.5) is 5.69 Å². The highest BCUT2D eigenvalue weighted by Gasteiger charge is 1.94. The first-order valence-electron chi connectivity index (χ1n) is 1.86. The molecule has 0 fully saturated rings. The Labute approximate surface area is 46.0 Å². The first-order chi connectivity index (χ1) is 3.43. The largest absolute Gasteiger partial charge is 0.350 e. The van der Waals surface area contributed by atoms with Crippen molar-refractivity contribution in [3.63, 3.8) is 0 Å². The van der Waals surface area contributed by atoms with E-state index >= 15 is 0 Å². The molecule has 1 aromatic heterocycles. The molecule has 0 aliphatic rings. The van der Waals surface area contributed by atoms with Gasteiger partial charge >= 0.3 is 5.69 Å². The van der Waals surface area contributed by atoms with Crippen LogP contribution in [-0.4, -0.2) is 0 Å². The number of hydrogen-bond donors (Lipinski definition) is 0. The molecule has 0 saturated heterocycles. The summed E-state index contributed by atoms with van der Waals surface area (Å²) in [6.45, 7) is 4.93. The third kappa shape index (κ3) is 0.787. The van der Waals surface area contributed by atoms with Gasteiger partial charge in [-0.05, 0) is 10.2 Å². The van der Waals surface area contributed by atoms with E-state index in [1.165, 1.54) is 0 Å². The van der Waals surface area contributed by atoms with Crippen molar-refractivity contribution in [3.05, 3.63) is 21.7 Å². The standard InChI is InChI=1S/C5H4NS/c1-6-5-2-3-7-4-5/h1-4H/q+1. The summed E-state index contributed by atoms with van der Waals surface area (Å²) in [5.41, 5.74) is 0.852. The van der Waals surface area contributed by atoms with Crippen molar-refractivity contribution in [1.82, 2.24) is 0 Å². The number of hydrogen-bond acceptors (Lipinski definition) is 1. The summed E-state index contributed by atoms with van der Waals surface area (Å²) >= 11 is 1.59. The van der Waals surface area contributed by atoms with Gasteiger partial charge in [0.25, 0.3) is 6.57 Å². The lowest BCUT2D eigenvalue weighted by atomic mass is 10.6. The maximum Gasteiger partial charge on any atom is 0.350 e. The summed E-state index contributed by atoms with van der Waals surface area (Å²) in [4.78, 5) is 3.44. The van der Waals surface area contributed by atoms with Crippen molar-refractivity contribution < 1.29 is 0 Å². The van der Waals surface area contributed by atoms with Crippen molar-refractivity contribution in [2.45, 2.75) is 0 Å². The molecule has 34 valence electrons. The molecular weight excluding hydrogens is 106 g/mol. The van der Waals surface area contributed by atoms with Crippen LogP contribution in [0.15, 0.2) is 16.8 Å². The molecule has 0 amide bonds. The van der Waals surface area contributed by atoms with Gasteiger partial charge in [-0.2, -0.15) is 0 Å². The van der Waals surface area contributed by atoms with Gasteiger partial charge in [-0.15, -0.1) is 11.3 Å². The molecule has 0 aliphatic heterocycles. The number of nitrogens with zero attached hydrogens (tertiary/aromatic N) is 1. The van der Waals surface area contributed by atoms with E-state index in [1.807, 2.05) is 16.8 Å². The third-order valence-corrected chi connectivity index (χ3v) is 1.33. The van der Waals surface area contributed by atoms with E-state index in [4.69, 9.17) is 6.57 Å². The van der Waals surface area contributed by atoms with Crippen molar-refractivity contribution >= 4 is 17.0 Å². The monoisotopic (exact) mass is 110 g/mol. The Morgan fingerprint density at radius 3 is 2.86 bits per heavy atom. The van der Waals surface area contributed by atoms with Gasteiger partial charge in [0.1, 0.15) is 0 Å². The molecule has 0 N–H and O–H groups in total. The van der Waals surface area contributed by atoms with Crippen LogP contribution in [0.5, 0.6) is 0 Å². The van der Waals surface area contributed by atoms with E-state index in [1.54, 1.807) is 11.3 Å². The van der Waals surface area contributed by atoms with E-state index < -0.39 is 0 Å². The lowest BCUT2D eigenvalue weighted by molar-refractivity contribution is 1.99. The van der Waals surface area contributed by atoms with E-state index in [9.17, 15) is 0 Å². The van der Waals surface area contributed by atoms with Crippen LogP contribution in [-0.2, 0) is 0 Å². The zero-order valence-corrected chi connectivity index (χ0v) is 4.48. The molecule has 0 aromatic carbocycles. The quantitative estimate of drug-likeness (QED) is 0.483. The van der Waals surface area contributed by atoms with Crippen molar-refractivity contribution in [2.75, 3.05) is 0 Å². The molecule has 0 spiro atoms. The molecule has 1 aromatic rings. The van der Waals surface area contributed by atoms with Crippen LogP contribution in [0.1, 0.15) is 0 Å². The summed E-state index contributed by atoms with van der Waals surface area (Å²) in [7, 11) is 0. The lowest BCUT2D eigenvalue weighted by Crippen LogP contribution is -1.34. The molecule has 0 aliphatic carbocycles. The van der Waals surface area contributed by atoms with Crippen molar-refractivity contribution in [3.8, 4) is 6.57 Å². The first kappa shape index (κ1) is 4.35. The van der Waals surface area contributed by atoms with Crippen LogP contribution in [0.2, 0.25) is 0 Å². The topological polar surface area (TPSA) is 4.36 Å².